The normalized spacial score (nSPS) is 14.3. The third-order valence-electron chi connectivity index (χ3n) is 5.35. The molecule has 7 heteroatoms. The summed E-state index contributed by atoms with van der Waals surface area (Å²) >= 11 is 0. The Balaban J connectivity index is 0.00000256. The number of halogens is 1. The molecular formula is C23H26ClN3O3. The molecule has 1 aromatic heterocycles. The van der Waals surface area contributed by atoms with Gasteiger partial charge in [0.15, 0.2) is 11.0 Å². The maximum atomic E-state index is 12.9. The van der Waals surface area contributed by atoms with Gasteiger partial charge in [-0.25, -0.2) is 0 Å². The van der Waals surface area contributed by atoms with E-state index >= 15 is 0 Å². The molecule has 0 aliphatic carbocycles. The van der Waals surface area contributed by atoms with Crippen LogP contribution in [0.1, 0.15) is 15.9 Å². The molecule has 4 rings (SSSR count). The highest BCUT2D eigenvalue weighted by atomic mass is 35.5. The Morgan fingerprint density at radius 2 is 1.83 bits per heavy atom. The Morgan fingerprint density at radius 3 is 2.57 bits per heavy atom. The highest BCUT2D eigenvalue weighted by Gasteiger charge is 2.18. The van der Waals surface area contributed by atoms with E-state index in [0.29, 0.717) is 34.4 Å². The first-order valence-corrected chi connectivity index (χ1v) is 9.98. The average molecular weight is 428 g/mol. The zero-order valence-electron chi connectivity index (χ0n) is 16.9. The fraction of sp³-hybridized carbons (Fsp3) is 0.304. The van der Waals surface area contributed by atoms with Gasteiger partial charge in [-0.3, -0.25) is 14.5 Å². The number of hydrogen-bond acceptors (Lipinski definition) is 5. The van der Waals surface area contributed by atoms with Gasteiger partial charge in [0.2, 0.25) is 0 Å². The molecule has 2 aromatic carbocycles. The number of amides is 1. The lowest BCUT2D eigenvalue weighted by Crippen LogP contribution is -2.46. The van der Waals surface area contributed by atoms with Crippen molar-refractivity contribution in [2.45, 2.75) is 6.92 Å². The van der Waals surface area contributed by atoms with Gasteiger partial charge in [0.25, 0.3) is 5.91 Å². The second kappa shape index (κ2) is 9.89. The molecule has 30 heavy (non-hydrogen) atoms. The summed E-state index contributed by atoms with van der Waals surface area (Å²) in [5.41, 5.74) is 1.97. The zero-order chi connectivity index (χ0) is 20.2. The van der Waals surface area contributed by atoms with Gasteiger partial charge in [0.1, 0.15) is 5.76 Å². The van der Waals surface area contributed by atoms with E-state index in [9.17, 15) is 9.59 Å². The van der Waals surface area contributed by atoms with E-state index < -0.39 is 0 Å². The summed E-state index contributed by atoms with van der Waals surface area (Å²) in [4.78, 5) is 28.1. The summed E-state index contributed by atoms with van der Waals surface area (Å²) in [5, 5.41) is 6.71. The number of hydrogen-bond donors (Lipinski definition) is 2. The lowest BCUT2D eigenvalue weighted by molar-refractivity contribution is 0.0948. The van der Waals surface area contributed by atoms with E-state index in [0.717, 1.165) is 38.3 Å². The van der Waals surface area contributed by atoms with Crippen LogP contribution in [0.3, 0.4) is 0 Å². The SMILES string of the molecule is Cc1c(-c2ccccc2)oc2c(C(=O)NCCN3CCNCC3)cccc2c1=O.Cl. The van der Waals surface area contributed by atoms with Crippen LogP contribution in [0.25, 0.3) is 22.3 Å². The Hall–Kier alpha value is -2.67. The molecule has 0 bridgehead atoms. The third-order valence-corrected chi connectivity index (χ3v) is 5.35. The Kier molecular flexibility index (Phi) is 7.26. The number of nitrogens with one attached hydrogen (secondary N) is 2. The fourth-order valence-corrected chi connectivity index (χ4v) is 3.71. The zero-order valence-corrected chi connectivity index (χ0v) is 17.8. The molecule has 0 radical (unpaired) electrons. The van der Waals surface area contributed by atoms with Crippen molar-refractivity contribution in [2.24, 2.45) is 0 Å². The topological polar surface area (TPSA) is 74.6 Å². The van der Waals surface area contributed by atoms with E-state index in [4.69, 9.17) is 4.42 Å². The number of rotatable bonds is 5. The van der Waals surface area contributed by atoms with E-state index in [1.165, 1.54) is 0 Å². The molecule has 2 N–H and O–H groups in total. The molecule has 1 amide bonds. The van der Waals surface area contributed by atoms with Crippen LogP contribution < -0.4 is 16.1 Å². The molecule has 1 aliphatic rings. The smallest absolute Gasteiger partial charge is 0.255 e. The summed E-state index contributed by atoms with van der Waals surface area (Å²) in [6.45, 7) is 7.03. The molecule has 0 atom stereocenters. The van der Waals surface area contributed by atoms with Crippen LogP contribution in [0.4, 0.5) is 0 Å². The molecular weight excluding hydrogens is 402 g/mol. The molecule has 1 saturated heterocycles. The first-order chi connectivity index (χ1) is 14.1. The number of piperazine rings is 1. The van der Waals surface area contributed by atoms with Crippen molar-refractivity contribution in [2.75, 3.05) is 39.3 Å². The van der Waals surface area contributed by atoms with Gasteiger partial charge in [-0.1, -0.05) is 36.4 Å². The Bertz CT molecular complexity index is 1080. The molecule has 0 spiro atoms. The molecule has 1 aliphatic heterocycles. The van der Waals surface area contributed by atoms with Crippen LogP contribution in [0.2, 0.25) is 0 Å². The van der Waals surface area contributed by atoms with Crippen molar-refractivity contribution in [3.8, 4) is 11.3 Å². The van der Waals surface area contributed by atoms with Crippen LogP contribution in [-0.4, -0.2) is 50.1 Å². The highest BCUT2D eigenvalue weighted by Crippen LogP contribution is 2.27. The maximum Gasteiger partial charge on any atom is 0.255 e. The first-order valence-electron chi connectivity index (χ1n) is 9.98. The first kappa shape index (κ1) is 22.0. The second-order valence-electron chi connectivity index (χ2n) is 7.28. The van der Waals surface area contributed by atoms with Gasteiger partial charge >= 0.3 is 0 Å². The van der Waals surface area contributed by atoms with Gasteiger partial charge in [0, 0.05) is 50.4 Å². The predicted octanol–water partition coefficient (Wildman–Crippen LogP) is 2.83. The molecule has 1 fully saturated rings. The Morgan fingerprint density at radius 1 is 1.10 bits per heavy atom. The number of nitrogens with zero attached hydrogens (tertiary/aromatic N) is 1. The van der Waals surface area contributed by atoms with Crippen molar-refractivity contribution in [1.82, 2.24) is 15.5 Å². The lowest BCUT2D eigenvalue weighted by Gasteiger charge is -2.27. The Labute approximate surface area is 181 Å². The van der Waals surface area contributed by atoms with E-state index in [1.807, 2.05) is 30.3 Å². The molecule has 0 saturated carbocycles. The van der Waals surface area contributed by atoms with Crippen LogP contribution >= 0.6 is 12.4 Å². The van der Waals surface area contributed by atoms with Crippen molar-refractivity contribution < 1.29 is 9.21 Å². The van der Waals surface area contributed by atoms with Crippen molar-refractivity contribution >= 4 is 29.3 Å². The average Bonchev–Trinajstić information content (AvgIpc) is 2.77. The summed E-state index contributed by atoms with van der Waals surface area (Å²) < 4.78 is 6.13. The highest BCUT2D eigenvalue weighted by molar-refractivity contribution is 6.05. The van der Waals surface area contributed by atoms with E-state index in [-0.39, 0.29) is 23.7 Å². The van der Waals surface area contributed by atoms with Gasteiger partial charge in [-0.05, 0) is 19.1 Å². The van der Waals surface area contributed by atoms with Crippen molar-refractivity contribution in [3.05, 3.63) is 69.9 Å². The molecule has 2 heterocycles. The number of fused-ring (bicyclic) bond motifs is 1. The van der Waals surface area contributed by atoms with Gasteiger partial charge < -0.3 is 15.1 Å². The molecule has 0 unspecified atom stereocenters. The fourth-order valence-electron chi connectivity index (χ4n) is 3.71. The molecule has 158 valence electrons. The summed E-state index contributed by atoms with van der Waals surface area (Å²) in [6.07, 6.45) is 0. The van der Waals surface area contributed by atoms with Gasteiger partial charge in [-0.2, -0.15) is 0 Å². The summed E-state index contributed by atoms with van der Waals surface area (Å²) in [5.74, 6) is 0.279. The van der Waals surface area contributed by atoms with Crippen LogP contribution in [-0.2, 0) is 0 Å². The monoisotopic (exact) mass is 427 g/mol. The maximum absolute atomic E-state index is 12.9. The van der Waals surface area contributed by atoms with Gasteiger partial charge in [0.05, 0.1) is 10.9 Å². The van der Waals surface area contributed by atoms with Crippen LogP contribution in [0, 0.1) is 6.92 Å². The van der Waals surface area contributed by atoms with Gasteiger partial charge in [-0.15, -0.1) is 12.4 Å². The lowest BCUT2D eigenvalue weighted by atomic mass is 10.0. The summed E-state index contributed by atoms with van der Waals surface area (Å²) in [7, 11) is 0. The predicted molar refractivity (Wildman–Crippen MR) is 122 cm³/mol. The molecule has 6 nitrogen and oxygen atoms in total. The standard InChI is InChI=1S/C23H25N3O3.ClH/c1-16-20(27)18-8-5-9-19(22(18)29-21(16)17-6-3-2-4-7-17)23(28)25-12-15-26-13-10-24-11-14-26;/h2-9,24H,10-15H2,1H3,(H,25,28);1H. The largest absolute Gasteiger partial charge is 0.455 e. The van der Waals surface area contributed by atoms with E-state index in [2.05, 4.69) is 15.5 Å². The minimum atomic E-state index is -0.225. The van der Waals surface area contributed by atoms with Crippen molar-refractivity contribution in [3.63, 3.8) is 0 Å². The minimum absolute atomic E-state index is 0. The van der Waals surface area contributed by atoms with Crippen LogP contribution in [0.5, 0.6) is 0 Å². The number of benzene rings is 2. The van der Waals surface area contributed by atoms with Crippen LogP contribution in [0.15, 0.2) is 57.7 Å². The van der Waals surface area contributed by atoms with Crippen molar-refractivity contribution in [1.29, 1.82) is 0 Å². The molecule has 3 aromatic rings. The summed E-state index contributed by atoms with van der Waals surface area (Å²) in [6, 6.07) is 14.6. The third kappa shape index (κ3) is 4.56. The quantitative estimate of drug-likeness (QED) is 0.655. The second-order valence-corrected chi connectivity index (χ2v) is 7.28. The van der Waals surface area contributed by atoms with E-state index in [1.54, 1.807) is 25.1 Å². The number of para-hydroxylation sites is 1. The number of carbonyl (C=O) groups excluding carboxylic acids is 1. The minimum Gasteiger partial charge on any atom is -0.455 e. The number of carbonyl (C=O) groups is 1.